The molecule has 13 aromatic rings. The highest BCUT2D eigenvalue weighted by molar-refractivity contribution is 6.33. The van der Waals surface area contributed by atoms with E-state index in [4.69, 9.17) is 4.42 Å². The molecule has 320 valence electrons. The largest absolute Gasteiger partial charge is 0.456 e. The number of fused-ring (bicyclic) bond motifs is 15. The number of hydrogen-bond acceptors (Lipinski definition) is 2. The van der Waals surface area contributed by atoms with E-state index in [1.165, 1.54) is 120 Å². The molecule has 15 rings (SSSR count). The van der Waals surface area contributed by atoms with E-state index in [0.717, 1.165) is 28.2 Å². The minimum atomic E-state index is -0.137. The van der Waals surface area contributed by atoms with Crippen molar-refractivity contribution in [2.75, 3.05) is 4.90 Å². The van der Waals surface area contributed by atoms with Gasteiger partial charge >= 0.3 is 0 Å². The Bertz CT molecular complexity index is 4230. The molecule has 1 aromatic heterocycles. The van der Waals surface area contributed by atoms with Gasteiger partial charge in [-0.25, -0.2) is 0 Å². The van der Waals surface area contributed by atoms with Gasteiger partial charge < -0.3 is 9.32 Å². The van der Waals surface area contributed by atoms with Crippen molar-refractivity contribution in [1.29, 1.82) is 0 Å². The zero-order valence-electron chi connectivity index (χ0n) is 38.4. The van der Waals surface area contributed by atoms with E-state index >= 15 is 0 Å². The summed E-state index contributed by atoms with van der Waals surface area (Å²) in [5, 5.41) is 14.9. The van der Waals surface area contributed by atoms with Crippen LogP contribution in [0.25, 0.3) is 109 Å². The van der Waals surface area contributed by atoms with Crippen molar-refractivity contribution >= 4 is 92.9 Å². The smallest absolute Gasteiger partial charge is 0.136 e. The zero-order valence-corrected chi connectivity index (χ0v) is 38.4. The molecular weight excluding hydrogens is 823 g/mol. The van der Waals surface area contributed by atoms with Crippen LogP contribution in [0.5, 0.6) is 0 Å². The highest BCUT2D eigenvalue weighted by Crippen LogP contribution is 2.54. The van der Waals surface area contributed by atoms with E-state index in [0.29, 0.717) is 0 Å². The van der Waals surface area contributed by atoms with Crippen LogP contribution in [0.1, 0.15) is 49.9 Å². The molecule has 0 bridgehead atoms. The predicted molar refractivity (Wildman–Crippen MR) is 288 cm³/mol. The Morgan fingerprint density at radius 1 is 0.294 bits per heavy atom. The van der Waals surface area contributed by atoms with Crippen molar-refractivity contribution in [3.63, 3.8) is 0 Å². The molecule has 0 saturated carbocycles. The second-order valence-electron chi connectivity index (χ2n) is 20.4. The standard InChI is InChI=1S/C66H45NO/c1-65(2)57-19-9-7-15-48(57)50-31-26-41(36-59(50)65)67(42-27-32-51-49-16-8-10-20-58(49)66(3,4)60(51)37-42)40-25-30-46-44-14-6-5-13-43(44)45-28-23-39(34-55(45)56(46)35-40)38-24-29-47-52-17-11-21-61-63(52)64-53(54(47)33-38)18-12-22-62(64)68-61/h5-37H,1-4H3. The average Bonchev–Trinajstić information content (AvgIpc) is 3.96. The van der Waals surface area contributed by atoms with Gasteiger partial charge in [-0.1, -0.05) is 167 Å². The molecule has 0 fully saturated rings. The Hall–Kier alpha value is -8.20. The maximum Gasteiger partial charge on any atom is 0.136 e. The highest BCUT2D eigenvalue weighted by atomic mass is 16.3. The summed E-state index contributed by atoms with van der Waals surface area (Å²) < 4.78 is 6.39. The van der Waals surface area contributed by atoms with Gasteiger partial charge in [0.25, 0.3) is 0 Å². The van der Waals surface area contributed by atoms with Crippen LogP contribution < -0.4 is 4.90 Å². The molecule has 2 nitrogen and oxygen atoms in total. The Labute approximate surface area is 394 Å². The SMILES string of the molecule is CC1(C)c2ccccc2-c2ccc(N(c3ccc4c(c3)C(C)(C)c3ccccc3-4)c3ccc4c5ccccc5c5ccc(-c6ccc7c(c6)c6cccc8oc9cccc7c9c86)cc5c4c3)cc21. The minimum absolute atomic E-state index is 0.137. The maximum absolute atomic E-state index is 6.39. The number of benzene rings is 12. The molecular formula is C66H45NO. The summed E-state index contributed by atoms with van der Waals surface area (Å²) in [5.41, 5.74) is 18.3. The second kappa shape index (κ2) is 13.2. The third kappa shape index (κ3) is 4.96. The van der Waals surface area contributed by atoms with E-state index in [1.54, 1.807) is 0 Å². The van der Waals surface area contributed by atoms with E-state index in [-0.39, 0.29) is 10.8 Å². The first-order valence-electron chi connectivity index (χ1n) is 24.0. The number of rotatable bonds is 4. The van der Waals surface area contributed by atoms with E-state index in [9.17, 15) is 0 Å². The molecule has 12 aromatic carbocycles. The Morgan fingerprint density at radius 2 is 0.676 bits per heavy atom. The van der Waals surface area contributed by atoms with Crippen LogP contribution in [-0.2, 0) is 10.8 Å². The summed E-state index contributed by atoms with van der Waals surface area (Å²) in [6.07, 6.45) is 0. The summed E-state index contributed by atoms with van der Waals surface area (Å²) >= 11 is 0. The summed E-state index contributed by atoms with van der Waals surface area (Å²) in [6.45, 7) is 9.51. The molecule has 0 N–H and O–H groups in total. The molecule has 0 unspecified atom stereocenters. The second-order valence-corrected chi connectivity index (χ2v) is 20.4. The van der Waals surface area contributed by atoms with Crippen molar-refractivity contribution in [3.8, 4) is 33.4 Å². The fraction of sp³-hybridized carbons (Fsp3) is 0.0909. The molecule has 0 saturated heterocycles. The monoisotopic (exact) mass is 867 g/mol. The lowest BCUT2D eigenvalue weighted by atomic mass is 9.82. The third-order valence-corrected chi connectivity index (χ3v) is 16.2. The Kier molecular flexibility index (Phi) is 7.39. The average molecular weight is 868 g/mol. The molecule has 0 spiro atoms. The lowest BCUT2D eigenvalue weighted by molar-refractivity contribution is 0.660. The van der Waals surface area contributed by atoms with Gasteiger partial charge in [-0.2, -0.15) is 0 Å². The first kappa shape index (κ1) is 38.0. The molecule has 2 aliphatic rings. The topological polar surface area (TPSA) is 16.4 Å². The molecule has 0 amide bonds. The van der Waals surface area contributed by atoms with Crippen LogP contribution in [0.4, 0.5) is 17.1 Å². The van der Waals surface area contributed by atoms with Gasteiger partial charge in [0.05, 0.1) is 0 Å². The van der Waals surface area contributed by atoms with E-state index < -0.39 is 0 Å². The minimum Gasteiger partial charge on any atom is -0.456 e. The quantitative estimate of drug-likeness (QED) is 0.164. The Morgan fingerprint density at radius 3 is 1.24 bits per heavy atom. The van der Waals surface area contributed by atoms with Crippen molar-refractivity contribution in [2.24, 2.45) is 0 Å². The third-order valence-electron chi connectivity index (χ3n) is 16.2. The first-order chi connectivity index (χ1) is 33.2. The molecule has 68 heavy (non-hydrogen) atoms. The molecule has 1 heterocycles. The van der Waals surface area contributed by atoms with Gasteiger partial charge in [0.1, 0.15) is 11.2 Å². The first-order valence-corrected chi connectivity index (χ1v) is 24.0. The van der Waals surface area contributed by atoms with Gasteiger partial charge in [-0.05, 0) is 170 Å². The Balaban J connectivity index is 0.963. The number of anilines is 3. The van der Waals surface area contributed by atoms with Gasteiger partial charge in [0.2, 0.25) is 0 Å². The van der Waals surface area contributed by atoms with E-state index in [2.05, 4.69) is 233 Å². The van der Waals surface area contributed by atoms with Gasteiger partial charge in [-0.3, -0.25) is 0 Å². The zero-order chi connectivity index (χ0) is 45.2. The van der Waals surface area contributed by atoms with E-state index in [1.807, 2.05) is 0 Å². The van der Waals surface area contributed by atoms with Gasteiger partial charge in [0.15, 0.2) is 0 Å². The van der Waals surface area contributed by atoms with Crippen molar-refractivity contribution in [1.82, 2.24) is 0 Å². The van der Waals surface area contributed by atoms with Crippen molar-refractivity contribution in [2.45, 2.75) is 38.5 Å². The van der Waals surface area contributed by atoms with Crippen LogP contribution in [0.2, 0.25) is 0 Å². The number of nitrogens with zero attached hydrogens (tertiary/aromatic N) is 1. The normalized spacial score (nSPS) is 14.4. The lowest BCUT2D eigenvalue weighted by Gasteiger charge is -2.30. The fourth-order valence-electron chi connectivity index (χ4n) is 12.9. The molecule has 0 atom stereocenters. The van der Waals surface area contributed by atoms with Gasteiger partial charge in [0, 0.05) is 38.7 Å². The predicted octanol–water partition coefficient (Wildman–Crippen LogP) is 18.5. The lowest BCUT2D eigenvalue weighted by Crippen LogP contribution is -2.18. The summed E-state index contributed by atoms with van der Waals surface area (Å²) in [4.78, 5) is 2.51. The number of hydrogen-bond donors (Lipinski definition) is 0. The van der Waals surface area contributed by atoms with Crippen LogP contribution in [-0.4, -0.2) is 0 Å². The maximum atomic E-state index is 6.39. The molecule has 2 aliphatic carbocycles. The highest BCUT2D eigenvalue weighted by Gasteiger charge is 2.38. The summed E-state index contributed by atoms with van der Waals surface area (Å²) in [5.74, 6) is 0. The molecule has 0 aliphatic heterocycles. The summed E-state index contributed by atoms with van der Waals surface area (Å²) in [7, 11) is 0. The van der Waals surface area contributed by atoms with Crippen molar-refractivity contribution in [3.05, 3.63) is 222 Å². The number of furan rings is 1. The van der Waals surface area contributed by atoms with Crippen molar-refractivity contribution < 1.29 is 4.42 Å². The van der Waals surface area contributed by atoms with Crippen LogP contribution in [0, 0.1) is 0 Å². The van der Waals surface area contributed by atoms with Crippen LogP contribution in [0.3, 0.4) is 0 Å². The van der Waals surface area contributed by atoms with Crippen LogP contribution >= 0.6 is 0 Å². The van der Waals surface area contributed by atoms with Crippen LogP contribution in [0.15, 0.2) is 205 Å². The summed E-state index contributed by atoms with van der Waals surface area (Å²) in [6, 6.07) is 75.4. The van der Waals surface area contributed by atoms with Gasteiger partial charge in [-0.15, -0.1) is 0 Å². The molecule has 0 radical (unpaired) electrons. The molecule has 2 heteroatoms. The fourth-order valence-corrected chi connectivity index (χ4v) is 12.9.